The number of likely N-dealkylation sites (tertiary alicyclic amines) is 1. The van der Waals surface area contributed by atoms with E-state index >= 15 is 0 Å². The molecule has 2 aliphatic rings. The maximum Gasteiger partial charge on any atom is 0.0707 e. The molecule has 0 aliphatic carbocycles. The Morgan fingerprint density at radius 2 is 2.05 bits per heavy atom. The molecular weight excluding hydrogens is 328 g/mol. The van der Waals surface area contributed by atoms with E-state index in [4.69, 9.17) is 22.1 Å². The standard InChI is InChI=1S/C14H18BrClN2O/c15-12-4-1-9(5-13(12)16)14(6-17)18-7-10-2-3-11(8-18)19-10/h1,4-5,10-11,14H,2-3,6-8,17H2. The summed E-state index contributed by atoms with van der Waals surface area (Å²) in [5, 5.41) is 0.743. The van der Waals surface area contributed by atoms with Crippen LogP contribution in [0.5, 0.6) is 0 Å². The second-order valence-electron chi connectivity index (χ2n) is 5.34. The number of nitrogens with zero attached hydrogens (tertiary/aromatic N) is 1. The maximum atomic E-state index is 6.19. The van der Waals surface area contributed by atoms with E-state index in [0.717, 1.165) is 22.6 Å². The Labute approximate surface area is 127 Å². The van der Waals surface area contributed by atoms with E-state index in [2.05, 4.69) is 26.9 Å². The van der Waals surface area contributed by atoms with Gasteiger partial charge in [0.2, 0.25) is 0 Å². The Balaban J connectivity index is 1.81. The first-order valence-corrected chi connectivity index (χ1v) is 7.89. The molecule has 3 unspecified atom stereocenters. The Hall–Kier alpha value is -0.130. The molecule has 0 aromatic heterocycles. The van der Waals surface area contributed by atoms with Gasteiger partial charge in [0.05, 0.1) is 17.2 Å². The highest BCUT2D eigenvalue weighted by atomic mass is 79.9. The molecule has 104 valence electrons. The number of nitrogens with two attached hydrogens (primary N) is 1. The van der Waals surface area contributed by atoms with E-state index in [1.165, 1.54) is 18.4 Å². The number of hydrogen-bond acceptors (Lipinski definition) is 3. The van der Waals surface area contributed by atoms with Gasteiger partial charge in [-0.15, -0.1) is 0 Å². The third-order valence-electron chi connectivity index (χ3n) is 4.06. The smallest absolute Gasteiger partial charge is 0.0707 e. The van der Waals surface area contributed by atoms with Crippen LogP contribution in [0.25, 0.3) is 0 Å². The zero-order valence-electron chi connectivity index (χ0n) is 10.7. The largest absolute Gasteiger partial charge is 0.372 e. The number of ether oxygens (including phenoxy) is 1. The van der Waals surface area contributed by atoms with Crippen molar-refractivity contribution < 1.29 is 4.74 Å². The molecule has 2 N–H and O–H groups in total. The molecule has 0 spiro atoms. The Kier molecular flexibility index (Phi) is 4.15. The number of morpholine rings is 1. The van der Waals surface area contributed by atoms with Crippen LogP contribution in [0, 0.1) is 0 Å². The lowest BCUT2D eigenvalue weighted by Gasteiger charge is -2.37. The lowest BCUT2D eigenvalue weighted by Crippen LogP contribution is -2.46. The van der Waals surface area contributed by atoms with Gasteiger partial charge in [0.15, 0.2) is 0 Å². The van der Waals surface area contributed by atoms with Crippen LogP contribution < -0.4 is 5.73 Å². The van der Waals surface area contributed by atoms with E-state index in [9.17, 15) is 0 Å². The molecule has 3 rings (SSSR count). The highest BCUT2D eigenvalue weighted by molar-refractivity contribution is 9.10. The van der Waals surface area contributed by atoms with E-state index in [0.29, 0.717) is 18.8 Å². The van der Waals surface area contributed by atoms with E-state index in [1.54, 1.807) is 0 Å². The summed E-state index contributed by atoms with van der Waals surface area (Å²) in [5.41, 5.74) is 7.19. The molecule has 1 aromatic rings. The first kappa shape index (κ1) is 13.8. The zero-order chi connectivity index (χ0) is 13.4. The van der Waals surface area contributed by atoms with Gasteiger partial charge in [-0.1, -0.05) is 17.7 Å². The van der Waals surface area contributed by atoms with Crippen molar-refractivity contribution in [2.24, 2.45) is 5.73 Å². The van der Waals surface area contributed by atoms with Crippen molar-refractivity contribution in [1.82, 2.24) is 4.90 Å². The van der Waals surface area contributed by atoms with E-state index in [1.807, 2.05) is 12.1 Å². The van der Waals surface area contributed by atoms with Crippen LogP contribution in [0.2, 0.25) is 5.02 Å². The average molecular weight is 346 g/mol. The minimum Gasteiger partial charge on any atom is -0.372 e. The fourth-order valence-corrected chi connectivity index (χ4v) is 3.55. The SMILES string of the molecule is NCC(c1ccc(Br)c(Cl)c1)N1CC2CCC(C1)O2. The summed E-state index contributed by atoms with van der Waals surface area (Å²) in [6, 6.07) is 6.35. The van der Waals surface area contributed by atoms with Crippen LogP contribution in [0.3, 0.4) is 0 Å². The van der Waals surface area contributed by atoms with Crippen molar-refractivity contribution in [1.29, 1.82) is 0 Å². The summed E-state index contributed by atoms with van der Waals surface area (Å²) in [4.78, 5) is 2.45. The van der Waals surface area contributed by atoms with Crippen LogP contribution >= 0.6 is 27.5 Å². The predicted octanol–water partition coefficient (Wildman–Crippen LogP) is 2.97. The van der Waals surface area contributed by atoms with Gasteiger partial charge in [0, 0.05) is 30.1 Å². The number of benzene rings is 1. The van der Waals surface area contributed by atoms with Gasteiger partial charge in [0.1, 0.15) is 0 Å². The monoisotopic (exact) mass is 344 g/mol. The van der Waals surface area contributed by atoms with E-state index < -0.39 is 0 Å². The second kappa shape index (κ2) is 5.70. The molecule has 2 heterocycles. The van der Waals surface area contributed by atoms with Crippen molar-refractivity contribution in [3.63, 3.8) is 0 Å². The lowest BCUT2D eigenvalue weighted by atomic mass is 10.0. The summed E-state index contributed by atoms with van der Waals surface area (Å²) >= 11 is 9.62. The number of hydrogen-bond donors (Lipinski definition) is 1. The maximum absolute atomic E-state index is 6.19. The lowest BCUT2D eigenvalue weighted by molar-refractivity contribution is -0.0521. The number of rotatable bonds is 3. The first-order chi connectivity index (χ1) is 9.17. The normalized spacial score (nSPS) is 28.6. The molecule has 2 fully saturated rings. The van der Waals surface area contributed by atoms with Gasteiger partial charge in [-0.3, -0.25) is 4.90 Å². The van der Waals surface area contributed by atoms with Gasteiger partial charge >= 0.3 is 0 Å². The molecule has 0 amide bonds. The zero-order valence-corrected chi connectivity index (χ0v) is 13.0. The molecule has 0 radical (unpaired) electrons. The fraction of sp³-hybridized carbons (Fsp3) is 0.571. The van der Waals surface area contributed by atoms with Crippen LogP contribution in [0.4, 0.5) is 0 Å². The highest BCUT2D eigenvalue weighted by Gasteiger charge is 2.36. The van der Waals surface area contributed by atoms with Crippen LogP contribution in [-0.4, -0.2) is 36.7 Å². The second-order valence-corrected chi connectivity index (χ2v) is 6.60. The summed E-state index contributed by atoms with van der Waals surface area (Å²) < 4.78 is 6.81. The first-order valence-electron chi connectivity index (χ1n) is 6.72. The molecule has 2 aliphatic heterocycles. The molecule has 3 atom stereocenters. The molecule has 3 nitrogen and oxygen atoms in total. The predicted molar refractivity (Wildman–Crippen MR) is 80.4 cm³/mol. The summed E-state index contributed by atoms with van der Waals surface area (Å²) in [7, 11) is 0. The molecule has 1 aromatic carbocycles. The van der Waals surface area contributed by atoms with Gasteiger partial charge < -0.3 is 10.5 Å². The molecule has 5 heteroatoms. The quantitative estimate of drug-likeness (QED) is 0.915. The fourth-order valence-electron chi connectivity index (χ4n) is 3.12. The minimum atomic E-state index is 0.234. The third-order valence-corrected chi connectivity index (χ3v) is 5.30. The van der Waals surface area contributed by atoms with Crippen molar-refractivity contribution in [2.75, 3.05) is 19.6 Å². The van der Waals surface area contributed by atoms with Crippen LogP contribution in [0.1, 0.15) is 24.4 Å². The molecular formula is C14H18BrClN2O. The number of fused-ring (bicyclic) bond motifs is 2. The molecule has 0 saturated carbocycles. The summed E-state index contributed by atoms with van der Waals surface area (Å²) in [6.07, 6.45) is 3.14. The van der Waals surface area contributed by atoms with Crippen LogP contribution in [0.15, 0.2) is 22.7 Å². The van der Waals surface area contributed by atoms with Gasteiger partial charge in [-0.05, 0) is 46.5 Å². The van der Waals surface area contributed by atoms with Crippen molar-refractivity contribution in [2.45, 2.75) is 31.1 Å². The molecule has 19 heavy (non-hydrogen) atoms. The van der Waals surface area contributed by atoms with E-state index in [-0.39, 0.29) is 6.04 Å². The van der Waals surface area contributed by atoms with Crippen molar-refractivity contribution >= 4 is 27.5 Å². The number of halogens is 2. The van der Waals surface area contributed by atoms with Crippen molar-refractivity contribution in [3.05, 3.63) is 33.3 Å². The topological polar surface area (TPSA) is 38.5 Å². The highest BCUT2D eigenvalue weighted by Crippen LogP contribution is 2.33. The Morgan fingerprint density at radius 1 is 1.37 bits per heavy atom. The Bertz CT molecular complexity index is 459. The molecule has 2 bridgehead atoms. The summed E-state index contributed by atoms with van der Waals surface area (Å²) in [5.74, 6) is 0. The van der Waals surface area contributed by atoms with Crippen molar-refractivity contribution in [3.8, 4) is 0 Å². The minimum absolute atomic E-state index is 0.234. The van der Waals surface area contributed by atoms with Gasteiger partial charge in [-0.25, -0.2) is 0 Å². The Morgan fingerprint density at radius 3 is 2.63 bits per heavy atom. The molecule has 2 saturated heterocycles. The van der Waals surface area contributed by atoms with Gasteiger partial charge in [0.25, 0.3) is 0 Å². The summed E-state index contributed by atoms with van der Waals surface area (Å²) in [6.45, 7) is 2.56. The average Bonchev–Trinajstić information content (AvgIpc) is 2.74. The van der Waals surface area contributed by atoms with Gasteiger partial charge in [-0.2, -0.15) is 0 Å². The van der Waals surface area contributed by atoms with Crippen LogP contribution in [-0.2, 0) is 4.74 Å². The third kappa shape index (κ3) is 2.83.